The molecular weight excluding hydrogens is 540 g/mol. The third-order valence-electron chi connectivity index (χ3n) is 11.9. The molecule has 7 N–H and O–H groups in total. The lowest BCUT2D eigenvalue weighted by atomic mass is 9.40. The van der Waals surface area contributed by atoms with Gasteiger partial charge >= 0.3 is 10.4 Å². The molecule has 11 heteroatoms. The van der Waals surface area contributed by atoms with Crippen LogP contribution in [0.1, 0.15) is 86.0 Å². The number of hydrogen-bond acceptors (Lipinski definition) is 9. The first-order valence-corrected chi connectivity index (χ1v) is 16.1. The minimum atomic E-state index is -4.69. The van der Waals surface area contributed by atoms with Crippen molar-refractivity contribution in [1.29, 1.82) is 0 Å². The zero-order valence-corrected chi connectivity index (χ0v) is 25.2. The SMILES string of the molecule is CC[C@H](C=C[C@@H](C)[C@H]1CC(O)[C@@H]2[C@]1(C)CC[C@H]1[C@@]2(O)CC(O)C2(O)CC(O)CC[C@]12C)C(C)(O)COS(=O)(=O)O. The molecule has 5 unspecified atom stereocenters. The minimum Gasteiger partial charge on any atom is -0.393 e. The third-order valence-corrected chi connectivity index (χ3v) is 12.4. The van der Waals surface area contributed by atoms with Crippen molar-refractivity contribution in [2.75, 3.05) is 6.61 Å². The molecule has 0 amide bonds. The predicted octanol–water partition coefficient (Wildman–Crippen LogP) is 1.97. The number of aliphatic hydroxyl groups excluding tert-OH is 3. The average Bonchev–Trinajstić information content (AvgIpc) is 3.11. The second-order valence-corrected chi connectivity index (χ2v) is 15.3. The molecule has 4 aliphatic rings. The van der Waals surface area contributed by atoms with Gasteiger partial charge in [-0.3, -0.25) is 4.55 Å². The highest BCUT2D eigenvalue weighted by Crippen LogP contribution is 2.70. The Morgan fingerprint density at radius 2 is 1.73 bits per heavy atom. The van der Waals surface area contributed by atoms with Crippen LogP contribution in [0.4, 0.5) is 0 Å². The average molecular weight is 591 g/mol. The summed E-state index contributed by atoms with van der Waals surface area (Å²) in [6.45, 7) is 8.78. The van der Waals surface area contributed by atoms with Gasteiger partial charge in [0.15, 0.2) is 0 Å². The molecule has 0 aromatic rings. The summed E-state index contributed by atoms with van der Waals surface area (Å²) in [5.74, 6) is -1.36. The summed E-state index contributed by atoms with van der Waals surface area (Å²) in [6.07, 6.45) is 4.37. The quantitative estimate of drug-likeness (QED) is 0.163. The van der Waals surface area contributed by atoms with Gasteiger partial charge in [0.2, 0.25) is 0 Å². The highest BCUT2D eigenvalue weighted by atomic mass is 32.3. The van der Waals surface area contributed by atoms with Crippen LogP contribution in [0, 0.1) is 40.4 Å². The van der Waals surface area contributed by atoms with Crippen molar-refractivity contribution in [2.45, 2.75) is 121 Å². The lowest BCUT2D eigenvalue weighted by Crippen LogP contribution is -2.75. The van der Waals surface area contributed by atoms with Crippen LogP contribution < -0.4 is 0 Å². The zero-order valence-electron chi connectivity index (χ0n) is 24.4. The fourth-order valence-electron chi connectivity index (χ4n) is 9.83. The van der Waals surface area contributed by atoms with Crippen molar-refractivity contribution in [3.8, 4) is 0 Å². The van der Waals surface area contributed by atoms with E-state index in [4.69, 9.17) is 4.55 Å². The second kappa shape index (κ2) is 10.5. The molecule has 4 aliphatic carbocycles. The molecule has 0 heterocycles. The van der Waals surface area contributed by atoms with Gasteiger partial charge < -0.3 is 30.6 Å². The summed E-state index contributed by atoms with van der Waals surface area (Å²) in [5.41, 5.74) is -5.68. The van der Waals surface area contributed by atoms with Crippen LogP contribution in [0.25, 0.3) is 0 Å². The zero-order chi connectivity index (χ0) is 30.1. The van der Waals surface area contributed by atoms with E-state index in [2.05, 4.69) is 11.1 Å². The number of aliphatic hydroxyl groups is 6. The van der Waals surface area contributed by atoms with Gasteiger partial charge in [0.05, 0.1) is 41.7 Å². The summed E-state index contributed by atoms with van der Waals surface area (Å²) in [6, 6.07) is 0. The molecular formula is C29H50O10S. The van der Waals surface area contributed by atoms with Crippen LogP contribution in [-0.2, 0) is 14.6 Å². The van der Waals surface area contributed by atoms with Crippen LogP contribution in [-0.4, -0.2) is 85.3 Å². The molecule has 4 fully saturated rings. The van der Waals surface area contributed by atoms with Crippen molar-refractivity contribution in [1.82, 2.24) is 0 Å². The molecule has 13 atom stereocenters. The van der Waals surface area contributed by atoms with Crippen LogP contribution in [0.5, 0.6) is 0 Å². The molecule has 0 aliphatic heterocycles. The summed E-state index contributed by atoms with van der Waals surface area (Å²) >= 11 is 0. The number of hydrogen-bond donors (Lipinski definition) is 7. The molecule has 10 nitrogen and oxygen atoms in total. The molecule has 0 bridgehead atoms. The summed E-state index contributed by atoms with van der Waals surface area (Å²) in [7, 11) is -4.69. The Morgan fingerprint density at radius 3 is 2.33 bits per heavy atom. The van der Waals surface area contributed by atoms with E-state index in [1.165, 1.54) is 6.92 Å². The highest BCUT2D eigenvalue weighted by Gasteiger charge is 2.74. The monoisotopic (exact) mass is 590 g/mol. The largest absolute Gasteiger partial charge is 0.397 e. The van der Waals surface area contributed by atoms with Crippen LogP contribution >= 0.6 is 0 Å². The molecule has 0 aromatic carbocycles. The van der Waals surface area contributed by atoms with Gasteiger partial charge in [0.1, 0.15) is 0 Å². The van der Waals surface area contributed by atoms with E-state index in [1.54, 1.807) is 0 Å². The first kappa shape index (κ1) is 32.3. The maximum absolute atomic E-state index is 12.4. The Morgan fingerprint density at radius 1 is 1.07 bits per heavy atom. The van der Waals surface area contributed by atoms with E-state index in [-0.39, 0.29) is 30.6 Å². The van der Waals surface area contributed by atoms with Gasteiger partial charge in [0, 0.05) is 30.1 Å². The van der Waals surface area contributed by atoms with Gasteiger partial charge in [-0.05, 0) is 68.6 Å². The summed E-state index contributed by atoms with van der Waals surface area (Å²) < 4.78 is 35.4. The van der Waals surface area contributed by atoms with Crippen molar-refractivity contribution >= 4 is 10.4 Å². The second-order valence-electron chi connectivity index (χ2n) is 14.2. The molecule has 4 saturated carbocycles. The van der Waals surface area contributed by atoms with Gasteiger partial charge in [-0.15, -0.1) is 0 Å². The standard InChI is InChI=1S/C29H50O10S/c1-6-18(27(5,33)16-39-40(36,37)38)8-7-17(2)20-13-21(31)24-25(20,3)11-10-22-26(4)12-9-19(30)14-29(26,35)23(32)15-28(22,24)34/h7-8,17-24,30-35H,6,9-16H2,1-5H3,(H,36,37,38)/t17-,18-,19?,20-,21?,22-,23?,24-,25-,26-,27?,28+,29?/m1/s1. The number of rotatable bonds is 8. The van der Waals surface area contributed by atoms with Crippen molar-refractivity contribution in [3.05, 3.63) is 12.2 Å². The predicted molar refractivity (Wildman–Crippen MR) is 147 cm³/mol. The van der Waals surface area contributed by atoms with Crippen molar-refractivity contribution in [3.63, 3.8) is 0 Å². The normalized spacial score (nSPS) is 48.6. The van der Waals surface area contributed by atoms with Gasteiger partial charge in [-0.25, -0.2) is 4.18 Å². The Balaban J connectivity index is 1.58. The first-order valence-electron chi connectivity index (χ1n) is 14.8. The van der Waals surface area contributed by atoms with Crippen molar-refractivity contribution < 1.29 is 47.8 Å². The molecule has 4 rings (SSSR count). The van der Waals surface area contributed by atoms with E-state index < -0.39 is 74.8 Å². The summed E-state index contributed by atoms with van der Waals surface area (Å²) in [5, 5.41) is 68.0. The topological polar surface area (TPSA) is 185 Å². The summed E-state index contributed by atoms with van der Waals surface area (Å²) in [4.78, 5) is 0. The smallest absolute Gasteiger partial charge is 0.393 e. The number of fused-ring (bicyclic) bond motifs is 5. The van der Waals surface area contributed by atoms with Crippen LogP contribution in [0.15, 0.2) is 12.2 Å². The van der Waals surface area contributed by atoms with E-state index in [0.29, 0.717) is 32.1 Å². The van der Waals surface area contributed by atoms with Gasteiger partial charge in [0.25, 0.3) is 0 Å². The minimum absolute atomic E-state index is 0.0100. The van der Waals surface area contributed by atoms with E-state index in [0.717, 1.165) is 6.42 Å². The van der Waals surface area contributed by atoms with E-state index in [1.807, 2.05) is 32.9 Å². The molecule has 0 radical (unpaired) electrons. The number of allylic oxidation sites excluding steroid dienone is 1. The van der Waals surface area contributed by atoms with Crippen LogP contribution in [0.2, 0.25) is 0 Å². The lowest BCUT2D eigenvalue weighted by Gasteiger charge is -2.68. The fraction of sp³-hybridized carbons (Fsp3) is 0.931. The highest BCUT2D eigenvalue weighted by molar-refractivity contribution is 7.80. The Labute approximate surface area is 238 Å². The van der Waals surface area contributed by atoms with Crippen molar-refractivity contribution in [2.24, 2.45) is 40.4 Å². The third kappa shape index (κ3) is 5.11. The Bertz CT molecular complexity index is 1080. The fourth-order valence-corrected chi connectivity index (χ4v) is 10.2. The molecule has 0 aromatic heterocycles. The Kier molecular flexibility index (Phi) is 8.49. The molecule has 0 saturated heterocycles. The van der Waals surface area contributed by atoms with E-state index in [9.17, 15) is 39.1 Å². The van der Waals surface area contributed by atoms with Gasteiger partial charge in [-0.1, -0.05) is 39.8 Å². The van der Waals surface area contributed by atoms with Gasteiger partial charge in [-0.2, -0.15) is 8.42 Å². The molecule has 232 valence electrons. The maximum Gasteiger partial charge on any atom is 0.397 e. The Hall–Kier alpha value is -0.630. The van der Waals surface area contributed by atoms with E-state index >= 15 is 0 Å². The molecule has 0 spiro atoms. The maximum atomic E-state index is 12.4. The lowest BCUT2D eigenvalue weighted by molar-refractivity contribution is -0.315. The van der Waals surface area contributed by atoms with Crippen LogP contribution in [0.3, 0.4) is 0 Å². The molecule has 40 heavy (non-hydrogen) atoms. The first-order chi connectivity index (χ1) is 18.2.